The minimum absolute atomic E-state index is 0.130. The first-order valence-electron chi connectivity index (χ1n) is 5.11. The number of carbonyl (C=O) groups excluding carboxylic acids is 1. The van der Waals surface area contributed by atoms with Gasteiger partial charge in [0.15, 0.2) is 11.6 Å². The summed E-state index contributed by atoms with van der Waals surface area (Å²) < 4.78 is 31.4. The number of hydrogen-bond donors (Lipinski definition) is 0. The highest BCUT2D eigenvalue weighted by atomic mass is 79.9. The first-order valence-corrected chi connectivity index (χ1v) is 5.90. The lowest BCUT2D eigenvalue weighted by molar-refractivity contribution is 0.0302. The van der Waals surface area contributed by atoms with Gasteiger partial charge in [0.1, 0.15) is 0 Å². The van der Waals surface area contributed by atoms with E-state index in [-0.39, 0.29) is 15.9 Å². The SMILES string of the molecule is O=C(c1cc(F)c(F)cc1Br)N1CCOCC1. The summed E-state index contributed by atoms with van der Waals surface area (Å²) in [6.45, 7) is 1.86. The van der Waals surface area contributed by atoms with Gasteiger partial charge in [-0.05, 0) is 28.1 Å². The molecule has 1 heterocycles. The number of nitrogens with zero attached hydrogens (tertiary/aromatic N) is 1. The Bertz CT molecular complexity index is 447. The Hall–Kier alpha value is -1.01. The van der Waals surface area contributed by atoms with E-state index in [1.165, 1.54) is 0 Å². The van der Waals surface area contributed by atoms with Crippen LogP contribution < -0.4 is 0 Å². The highest BCUT2D eigenvalue weighted by Crippen LogP contribution is 2.22. The fourth-order valence-corrected chi connectivity index (χ4v) is 2.11. The summed E-state index contributed by atoms with van der Waals surface area (Å²) in [4.78, 5) is 13.6. The molecule has 1 aliphatic heterocycles. The fraction of sp³-hybridized carbons (Fsp3) is 0.364. The predicted molar refractivity (Wildman–Crippen MR) is 60.8 cm³/mol. The minimum Gasteiger partial charge on any atom is -0.378 e. The zero-order chi connectivity index (χ0) is 12.4. The molecule has 0 aromatic heterocycles. The summed E-state index contributed by atoms with van der Waals surface area (Å²) in [6, 6.07) is 1.88. The smallest absolute Gasteiger partial charge is 0.255 e. The lowest BCUT2D eigenvalue weighted by atomic mass is 10.2. The predicted octanol–water partition coefficient (Wildman–Crippen LogP) is 2.20. The summed E-state index contributed by atoms with van der Waals surface area (Å²) in [5.74, 6) is -2.32. The van der Waals surface area contributed by atoms with Crippen molar-refractivity contribution < 1.29 is 18.3 Å². The quantitative estimate of drug-likeness (QED) is 0.745. The average molecular weight is 306 g/mol. The van der Waals surface area contributed by atoms with E-state index < -0.39 is 11.6 Å². The largest absolute Gasteiger partial charge is 0.378 e. The molecule has 0 radical (unpaired) electrons. The molecule has 1 fully saturated rings. The van der Waals surface area contributed by atoms with E-state index in [2.05, 4.69) is 15.9 Å². The van der Waals surface area contributed by atoms with Crippen LogP contribution in [-0.2, 0) is 4.74 Å². The number of rotatable bonds is 1. The van der Waals surface area contributed by atoms with Crippen molar-refractivity contribution in [3.05, 3.63) is 33.8 Å². The maximum Gasteiger partial charge on any atom is 0.255 e. The van der Waals surface area contributed by atoms with Gasteiger partial charge in [-0.15, -0.1) is 0 Å². The summed E-state index contributed by atoms with van der Waals surface area (Å²) in [5, 5.41) is 0. The van der Waals surface area contributed by atoms with E-state index in [4.69, 9.17) is 4.74 Å². The van der Waals surface area contributed by atoms with Gasteiger partial charge in [-0.3, -0.25) is 4.79 Å². The highest BCUT2D eigenvalue weighted by Gasteiger charge is 2.22. The van der Waals surface area contributed by atoms with Crippen molar-refractivity contribution in [1.82, 2.24) is 4.90 Å². The van der Waals surface area contributed by atoms with Gasteiger partial charge < -0.3 is 9.64 Å². The van der Waals surface area contributed by atoms with Crippen LogP contribution in [0, 0.1) is 11.6 Å². The Kier molecular flexibility index (Phi) is 3.73. The minimum atomic E-state index is -1.02. The highest BCUT2D eigenvalue weighted by molar-refractivity contribution is 9.10. The molecule has 0 N–H and O–H groups in total. The number of benzene rings is 1. The van der Waals surface area contributed by atoms with Crippen molar-refractivity contribution in [2.75, 3.05) is 26.3 Å². The van der Waals surface area contributed by atoms with Gasteiger partial charge in [-0.1, -0.05) is 0 Å². The second kappa shape index (κ2) is 5.10. The van der Waals surface area contributed by atoms with Crippen molar-refractivity contribution in [2.24, 2.45) is 0 Å². The number of ether oxygens (including phenoxy) is 1. The molecule has 1 aromatic rings. The van der Waals surface area contributed by atoms with Gasteiger partial charge in [0.2, 0.25) is 0 Å². The summed E-state index contributed by atoms with van der Waals surface area (Å²) in [7, 11) is 0. The average Bonchev–Trinajstić information content (AvgIpc) is 2.34. The first-order chi connectivity index (χ1) is 8.09. The Morgan fingerprint density at radius 2 is 1.82 bits per heavy atom. The molecule has 0 aliphatic carbocycles. The van der Waals surface area contributed by atoms with Crippen molar-refractivity contribution in [2.45, 2.75) is 0 Å². The Morgan fingerprint density at radius 1 is 1.24 bits per heavy atom. The number of halogens is 3. The standard InChI is InChI=1S/C11H10BrF2NO2/c12-8-6-10(14)9(13)5-7(8)11(16)15-1-3-17-4-2-15/h5-6H,1-4H2. The molecule has 0 atom stereocenters. The van der Waals surface area contributed by atoms with Crippen molar-refractivity contribution >= 4 is 21.8 Å². The molecule has 2 rings (SSSR count). The van der Waals surface area contributed by atoms with Crippen LogP contribution in [0.25, 0.3) is 0 Å². The van der Waals surface area contributed by atoms with E-state index >= 15 is 0 Å². The van der Waals surface area contributed by atoms with Gasteiger partial charge in [0, 0.05) is 17.6 Å². The molecule has 92 valence electrons. The third-order valence-electron chi connectivity index (χ3n) is 2.54. The van der Waals surface area contributed by atoms with Crippen LogP contribution in [0.2, 0.25) is 0 Å². The van der Waals surface area contributed by atoms with E-state index in [1.807, 2.05) is 0 Å². The molecule has 1 amide bonds. The van der Waals surface area contributed by atoms with Gasteiger partial charge in [-0.25, -0.2) is 8.78 Å². The molecular formula is C11H10BrF2NO2. The van der Waals surface area contributed by atoms with Crippen LogP contribution in [0.3, 0.4) is 0 Å². The van der Waals surface area contributed by atoms with E-state index in [1.54, 1.807) is 4.90 Å². The van der Waals surface area contributed by atoms with Gasteiger partial charge >= 0.3 is 0 Å². The third-order valence-corrected chi connectivity index (χ3v) is 3.19. The van der Waals surface area contributed by atoms with Crippen LogP contribution in [0.5, 0.6) is 0 Å². The molecule has 17 heavy (non-hydrogen) atoms. The van der Waals surface area contributed by atoms with Crippen LogP contribution in [0.15, 0.2) is 16.6 Å². The fourth-order valence-electron chi connectivity index (χ4n) is 1.62. The first kappa shape index (κ1) is 12.4. The van der Waals surface area contributed by atoms with Gasteiger partial charge in [0.05, 0.1) is 18.8 Å². The molecular weight excluding hydrogens is 296 g/mol. The number of carbonyl (C=O) groups is 1. The molecule has 3 nitrogen and oxygen atoms in total. The van der Waals surface area contributed by atoms with Gasteiger partial charge in [0.25, 0.3) is 5.91 Å². The number of hydrogen-bond acceptors (Lipinski definition) is 2. The number of morpholine rings is 1. The topological polar surface area (TPSA) is 29.5 Å². The molecule has 0 spiro atoms. The Labute approximate surface area is 105 Å². The third kappa shape index (κ3) is 2.63. The zero-order valence-corrected chi connectivity index (χ0v) is 10.5. The lowest BCUT2D eigenvalue weighted by Crippen LogP contribution is -2.40. The Morgan fingerprint density at radius 3 is 2.47 bits per heavy atom. The summed E-state index contributed by atoms with van der Waals surface area (Å²) >= 11 is 3.06. The molecule has 1 aromatic carbocycles. The van der Waals surface area contributed by atoms with Crippen LogP contribution in [-0.4, -0.2) is 37.1 Å². The molecule has 0 saturated carbocycles. The monoisotopic (exact) mass is 305 g/mol. The maximum atomic E-state index is 13.1. The summed E-state index contributed by atoms with van der Waals surface area (Å²) in [5.41, 5.74) is 0.130. The van der Waals surface area contributed by atoms with E-state index in [0.29, 0.717) is 26.3 Å². The maximum absolute atomic E-state index is 13.1. The summed E-state index contributed by atoms with van der Waals surface area (Å²) in [6.07, 6.45) is 0. The van der Waals surface area contributed by atoms with E-state index in [0.717, 1.165) is 12.1 Å². The Balaban J connectivity index is 2.26. The second-order valence-electron chi connectivity index (χ2n) is 3.65. The second-order valence-corrected chi connectivity index (χ2v) is 4.51. The van der Waals surface area contributed by atoms with Crippen molar-refractivity contribution in [3.8, 4) is 0 Å². The van der Waals surface area contributed by atoms with Crippen molar-refractivity contribution in [3.63, 3.8) is 0 Å². The van der Waals surface area contributed by atoms with Crippen LogP contribution >= 0.6 is 15.9 Å². The number of amides is 1. The zero-order valence-electron chi connectivity index (χ0n) is 8.88. The molecule has 0 unspecified atom stereocenters. The molecule has 1 aliphatic rings. The molecule has 0 bridgehead atoms. The van der Waals surface area contributed by atoms with Crippen LogP contribution in [0.1, 0.15) is 10.4 Å². The van der Waals surface area contributed by atoms with Crippen molar-refractivity contribution in [1.29, 1.82) is 0 Å². The normalized spacial score (nSPS) is 16.1. The molecule has 6 heteroatoms. The lowest BCUT2D eigenvalue weighted by Gasteiger charge is -2.27. The van der Waals surface area contributed by atoms with Gasteiger partial charge in [-0.2, -0.15) is 0 Å². The van der Waals surface area contributed by atoms with Crippen LogP contribution in [0.4, 0.5) is 8.78 Å². The molecule has 1 saturated heterocycles. The van der Waals surface area contributed by atoms with E-state index in [9.17, 15) is 13.6 Å².